The van der Waals surface area contributed by atoms with Crippen molar-refractivity contribution in [1.29, 1.82) is 0 Å². The molecule has 3 rings (SSSR count). The number of nitrogens with one attached hydrogen (secondary N) is 1. The van der Waals surface area contributed by atoms with E-state index in [0.29, 0.717) is 0 Å². The molecule has 0 aliphatic rings. The number of rotatable bonds is 5. The molecule has 0 aliphatic carbocycles. The Kier molecular flexibility index (Phi) is 3.04. The van der Waals surface area contributed by atoms with Gasteiger partial charge in [-0.25, -0.2) is 5.10 Å². The van der Waals surface area contributed by atoms with Crippen LogP contribution in [0.4, 0.5) is 0 Å². The van der Waals surface area contributed by atoms with E-state index in [1.54, 1.807) is 0 Å². The molecule has 5 heteroatoms. The molecule has 0 atom stereocenters. The first-order chi connectivity index (χ1) is 8.93. The molecule has 18 heavy (non-hydrogen) atoms. The van der Waals surface area contributed by atoms with Crippen molar-refractivity contribution in [2.75, 3.05) is 0 Å². The number of H-pyrrole nitrogens is 1. The van der Waals surface area contributed by atoms with Crippen LogP contribution in [0.5, 0.6) is 0 Å². The number of nitrogens with zero attached hydrogens (tertiary/aromatic N) is 4. The summed E-state index contributed by atoms with van der Waals surface area (Å²) in [5.74, 6) is 0.860. The minimum absolute atomic E-state index is 0.860. The zero-order valence-corrected chi connectivity index (χ0v) is 10.0. The zero-order chi connectivity index (χ0) is 12.2. The fourth-order valence-corrected chi connectivity index (χ4v) is 2.11. The molecule has 1 radical (unpaired) electrons. The van der Waals surface area contributed by atoms with Gasteiger partial charge in [0.05, 0.1) is 0 Å². The number of aromatic amines is 1. The number of tetrazole rings is 1. The van der Waals surface area contributed by atoms with Gasteiger partial charge in [0.15, 0.2) is 0 Å². The van der Waals surface area contributed by atoms with Gasteiger partial charge in [-0.05, 0) is 29.3 Å². The van der Waals surface area contributed by atoms with E-state index in [0.717, 1.165) is 31.6 Å². The van der Waals surface area contributed by atoms with Gasteiger partial charge in [-0.15, -0.1) is 5.10 Å². The lowest BCUT2D eigenvalue weighted by Crippen LogP contribution is -1.97. The summed E-state index contributed by atoms with van der Waals surface area (Å²) in [6.07, 6.45) is 5.10. The van der Waals surface area contributed by atoms with E-state index in [1.165, 1.54) is 10.9 Å². The van der Waals surface area contributed by atoms with Crippen molar-refractivity contribution in [3.8, 4) is 0 Å². The van der Waals surface area contributed by atoms with Crippen LogP contribution in [0.3, 0.4) is 0 Å². The van der Waals surface area contributed by atoms with Gasteiger partial charge < -0.3 is 4.57 Å². The highest BCUT2D eigenvalue weighted by Crippen LogP contribution is 2.15. The topological polar surface area (TPSA) is 59.4 Å². The molecular formula is C13H14N5. The number of aromatic nitrogens is 5. The second-order valence-corrected chi connectivity index (χ2v) is 4.29. The van der Waals surface area contributed by atoms with E-state index in [9.17, 15) is 0 Å². The minimum Gasteiger partial charge on any atom is -0.347 e. The van der Waals surface area contributed by atoms with Gasteiger partial charge in [0.1, 0.15) is 5.82 Å². The highest BCUT2D eigenvalue weighted by atomic mass is 15.5. The van der Waals surface area contributed by atoms with Gasteiger partial charge in [-0.3, -0.25) is 0 Å². The predicted molar refractivity (Wildman–Crippen MR) is 67.9 cm³/mol. The maximum Gasteiger partial charge on any atom is 0.148 e. The molecule has 1 N–H and O–H groups in total. The van der Waals surface area contributed by atoms with Crippen molar-refractivity contribution in [1.82, 2.24) is 25.2 Å². The Morgan fingerprint density at radius 3 is 3.06 bits per heavy atom. The third kappa shape index (κ3) is 2.25. The molecule has 1 aromatic carbocycles. The lowest BCUT2D eigenvalue weighted by atomic mass is 10.2. The molecular weight excluding hydrogens is 226 g/mol. The third-order valence-corrected chi connectivity index (χ3v) is 3.04. The van der Waals surface area contributed by atoms with E-state index in [4.69, 9.17) is 0 Å². The van der Waals surface area contributed by atoms with Gasteiger partial charge in [-0.2, -0.15) is 0 Å². The van der Waals surface area contributed by atoms with Crippen LogP contribution >= 0.6 is 0 Å². The summed E-state index contributed by atoms with van der Waals surface area (Å²) in [4.78, 5) is 0. The van der Waals surface area contributed by atoms with Crippen LogP contribution in [0, 0.1) is 6.07 Å². The molecule has 0 aliphatic heterocycles. The molecule has 0 bridgehead atoms. The molecule has 0 saturated carbocycles. The number of benzene rings is 1. The Morgan fingerprint density at radius 2 is 2.17 bits per heavy atom. The standard InChI is InChI=1S/C13H14N5/c1-2-6-12-11(5-1)8-10-18(12)9-4-3-7-13-14-16-17-15-13/h1-2,5-6,10H,3-4,7,9H2,(H,14,15,16,17). The molecule has 0 saturated heterocycles. The van der Waals surface area contributed by atoms with Gasteiger partial charge >= 0.3 is 0 Å². The molecule has 2 aromatic heterocycles. The van der Waals surface area contributed by atoms with E-state index >= 15 is 0 Å². The SMILES string of the molecule is [c]1cn(CCCCc2nnn[nH]2)c2ccccc12. The van der Waals surface area contributed by atoms with Crippen molar-refractivity contribution in [2.45, 2.75) is 25.8 Å². The second kappa shape index (κ2) is 5.00. The van der Waals surface area contributed by atoms with Crippen molar-refractivity contribution >= 4 is 10.9 Å². The molecule has 0 spiro atoms. The minimum atomic E-state index is 0.860. The Balaban J connectivity index is 1.57. The van der Waals surface area contributed by atoms with E-state index in [2.05, 4.69) is 49.5 Å². The van der Waals surface area contributed by atoms with Crippen LogP contribution in [0.1, 0.15) is 18.7 Å². The Bertz CT molecular complexity index is 611. The first-order valence-electron chi connectivity index (χ1n) is 6.11. The summed E-state index contributed by atoms with van der Waals surface area (Å²) in [5.41, 5.74) is 1.25. The van der Waals surface area contributed by atoms with Crippen molar-refractivity contribution in [2.24, 2.45) is 0 Å². The monoisotopic (exact) mass is 240 g/mol. The van der Waals surface area contributed by atoms with Crippen molar-refractivity contribution in [3.63, 3.8) is 0 Å². The van der Waals surface area contributed by atoms with Crippen molar-refractivity contribution in [3.05, 3.63) is 42.4 Å². The maximum absolute atomic E-state index is 3.87. The predicted octanol–water partition coefficient (Wildman–Crippen LogP) is 1.98. The highest BCUT2D eigenvalue weighted by Gasteiger charge is 2.01. The van der Waals surface area contributed by atoms with Crippen LogP contribution in [-0.4, -0.2) is 25.2 Å². The Morgan fingerprint density at radius 1 is 1.22 bits per heavy atom. The second-order valence-electron chi connectivity index (χ2n) is 4.29. The van der Waals surface area contributed by atoms with Gasteiger partial charge in [0.25, 0.3) is 0 Å². The van der Waals surface area contributed by atoms with E-state index in [1.807, 2.05) is 12.3 Å². The highest BCUT2D eigenvalue weighted by molar-refractivity contribution is 5.79. The zero-order valence-electron chi connectivity index (χ0n) is 10.0. The average molecular weight is 240 g/mol. The molecule has 5 nitrogen and oxygen atoms in total. The lowest BCUT2D eigenvalue weighted by Gasteiger charge is -2.04. The Labute approximate surface area is 105 Å². The van der Waals surface area contributed by atoms with Crippen LogP contribution in [-0.2, 0) is 13.0 Å². The summed E-state index contributed by atoms with van der Waals surface area (Å²) in [7, 11) is 0. The number of para-hydroxylation sites is 1. The number of aryl methyl sites for hydroxylation is 2. The first kappa shape index (κ1) is 11.0. The van der Waals surface area contributed by atoms with Gasteiger partial charge in [0.2, 0.25) is 0 Å². The van der Waals surface area contributed by atoms with E-state index in [-0.39, 0.29) is 0 Å². The first-order valence-corrected chi connectivity index (χ1v) is 6.11. The quantitative estimate of drug-likeness (QED) is 0.694. The van der Waals surface area contributed by atoms with Gasteiger partial charge in [0, 0.05) is 36.1 Å². The number of unbranched alkanes of at least 4 members (excludes halogenated alkanes) is 1. The maximum atomic E-state index is 3.87. The van der Waals surface area contributed by atoms with Crippen LogP contribution < -0.4 is 0 Å². The molecule has 0 unspecified atom stereocenters. The number of hydrogen-bond acceptors (Lipinski definition) is 3. The fourth-order valence-electron chi connectivity index (χ4n) is 2.11. The molecule has 3 aromatic rings. The summed E-state index contributed by atoms with van der Waals surface area (Å²) in [6.45, 7) is 1.01. The third-order valence-electron chi connectivity index (χ3n) is 3.04. The molecule has 0 amide bonds. The summed E-state index contributed by atoms with van der Waals surface area (Å²) < 4.78 is 2.24. The summed E-state index contributed by atoms with van der Waals surface area (Å²) in [6, 6.07) is 11.6. The Hall–Kier alpha value is -2.17. The summed E-state index contributed by atoms with van der Waals surface area (Å²) >= 11 is 0. The smallest absolute Gasteiger partial charge is 0.148 e. The molecule has 2 heterocycles. The lowest BCUT2D eigenvalue weighted by molar-refractivity contribution is 0.614. The van der Waals surface area contributed by atoms with Crippen LogP contribution in [0.15, 0.2) is 30.5 Å². The molecule has 91 valence electrons. The van der Waals surface area contributed by atoms with Gasteiger partial charge in [-0.1, -0.05) is 18.2 Å². The average Bonchev–Trinajstić information content (AvgIpc) is 3.04. The van der Waals surface area contributed by atoms with Crippen LogP contribution in [0.2, 0.25) is 0 Å². The van der Waals surface area contributed by atoms with E-state index < -0.39 is 0 Å². The van der Waals surface area contributed by atoms with Crippen molar-refractivity contribution < 1.29 is 0 Å². The molecule has 0 fully saturated rings. The summed E-state index contributed by atoms with van der Waals surface area (Å²) in [5, 5.41) is 14.9. The number of fused-ring (bicyclic) bond motifs is 1. The van der Waals surface area contributed by atoms with Crippen LogP contribution in [0.25, 0.3) is 10.9 Å². The fraction of sp³-hybridized carbons (Fsp3) is 0.308. The normalized spacial score (nSPS) is 11.1. The largest absolute Gasteiger partial charge is 0.347 e. The number of hydrogen-bond donors (Lipinski definition) is 1.